The van der Waals surface area contributed by atoms with Gasteiger partial charge in [0.05, 0.1) is 0 Å². The molecule has 4 fully saturated rings. The van der Waals surface area contributed by atoms with Crippen molar-refractivity contribution in [3.05, 3.63) is 30.3 Å². The van der Waals surface area contributed by atoms with Crippen molar-refractivity contribution < 1.29 is 4.79 Å². The molecule has 2 heteroatoms. The summed E-state index contributed by atoms with van der Waals surface area (Å²) >= 11 is 0. The molecule has 0 aromatic heterocycles. The van der Waals surface area contributed by atoms with Crippen molar-refractivity contribution >= 4 is 12.1 Å². The highest BCUT2D eigenvalue weighted by molar-refractivity contribution is 5.77. The predicted octanol–water partition coefficient (Wildman–Crippen LogP) is 3.62. The Bertz CT molecular complexity index is 446. The predicted molar refractivity (Wildman–Crippen MR) is 75.9 cm³/mol. The summed E-state index contributed by atoms with van der Waals surface area (Å²) in [4.78, 5) is 13.8. The molecule has 0 saturated heterocycles. The molecule has 2 nitrogen and oxygen atoms in total. The van der Waals surface area contributed by atoms with E-state index in [2.05, 4.69) is 17.0 Å². The van der Waals surface area contributed by atoms with Crippen molar-refractivity contribution in [1.82, 2.24) is 0 Å². The van der Waals surface area contributed by atoms with Gasteiger partial charge in [0, 0.05) is 11.2 Å². The minimum atomic E-state index is 0.137. The standard InChI is InChI=1S/C17H21NO/c19-12-18(16-4-2-1-3-5-16)17-9-13-6-14(10-17)8-15(7-13)11-17/h1-5,12-15H,6-11H2. The van der Waals surface area contributed by atoms with Gasteiger partial charge in [-0.05, 0) is 68.4 Å². The molecular formula is C17H21NO. The van der Waals surface area contributed by atoms with E-state index in [4.69, 9.17) is 0 Å². The lowest BCUT2D eigenvalue weighted by Crippen LogP contribution is -2.60. The van der Waals surface area contributed by atoms with Gasteiger partial charge in [0.25, 0.3) is 0 Å². The van der Waals surface area contributed by atoms with E-state index in [1.165, 1.54) is 38.5 Å². The van der Waals surface area contributed by atoms with Crippen LogP contribution < -0.4 is 4.90 Å². The van der Waals surface area contributed by atoms with Gasteiger partial charge < -0.3 is 4.90 Å². The molecule has 0 N–H and O–H groups in total. The van der Waals surface area contributed by atoms with E-state index in [1.807, 2.05) is 18.2 Å². The zero-order valence-electron chi connectivity index (χ0n) is 11.3. The van der Waals surface area contributed by atoms with Crippen LogP contribution in [0.15, 0.2) is 30.3 Å². The van der Waals surface area contributed by atoms with Crippen LogP contribution in [-0.2, 0) is 4.79 Å². The van der Waals surface area contributed by atoms with Crippen LogP contribution in [0.2, 0.25) is 0 Å². The van der Waals surface area contributed by atoms with Crippen molar-refractivity contribution in [2.24, 2.45) is 17.8 Å². The highest BCUT2D eigenvalue weighted by Gasteiger charge is 2.53. The van der Waals surface area contributed by atoms with Crippen molar-refractivity contribution in [2.75, 3.05) is 4.90 Å². The largest absolute Gasteiger partial charge is 0.309 e. The topological polar surface area (TPSA) is 20.3 Å². The molecule has 0 aliphatic heterocycles. The summed E-state index contributed by atoms with van der Waals surface area (Å²) in [5.41, 5.74) is 1.22. The smallest absolute Gasteiger partial charge is 0.214 e. The average molecular weight is 255 g/mol. The van der Waals surface area contributed by atoms with Crippen LogP contribution in [0.5, 0.6) is 0 Å². The third-order valence-corrected chi connectivity index (χ3v) is 5.66. The van der Waals surface area contributed by atoms with Gasteiger partial charge in [-0.1, -0.05) is 18.2 Å². The second-order valence-corrected chi connectivity index (χ2v) is 6.95. The number of benzene rings is 1. The Morgan fingerprint density at radius 2 is 1.47 bits per heavy atom. The van der Waals surface area contributed by atoms with Crippen LogP contribution in [0, 0.1) is 17.8 Å². The van der Waals surface area contributed by atoms with E-state index in [1.54, 1.807) is 0 Å². The van der Waals surface area contributed by atoms with Gasteiger partial charge in [-0.2, -0.15) is 0 Å². The zero-order valence-corrected chi connectivity index (χ0v) is 11.3. The van der Waals surface area contributed by atoms with Gasteiger partial charge in [-0.3, -0.25) is 4.79 Å². The molecule has 0 heterocycles. The maximum Gasteiger partial charge on any atom is 0.214 e. The number of hydrogen-bond donors (Lipinski definition) is 0. The van der Waals surface area contributed by atoms with Gasteiger partial charge in [0.2, 0.25) is 6.41 Å². The molecule has 0 spiro atoms. The highest BCUT2D eigenvalue weighted by atomic mass is 16.1. The number of rotatable bonds is 3. The molecule has 0 atom stereocenters. The van der Waals surface area contributed by atoms with Gasteiger partial charge in [0.15, 0.2) is 0 Å². The number of carbonyl (C=O) groups is 1. The molecule has 0 unspecified atom stereocenters. The van der Waals surface area contributed by atoms with E-state index in [-0.39, 0.29) is 5.54 Å². The summed E-state index contributed by atoms with van der Waals surface area (Å²) in [6, 6.07) is 10.2. The number of amides is 1. The minimum absolute atomic E-state index is 0.137. The van der Waals surface area contributed by atoms with Crippen molar-refractivity contribution in [2.45, 2.75) is 44.1 Å². The second kappa shape index (κ2) is 4.09. The van der Waals surface area contributed by atoms with Crippen LogP contribution in [0.4, 0.5) is 5.69 Å². The monoisotopic (exact) mass is 255 g/mol. The summed E-state index contributed by atoms with van der Waals surface area (Å²) in [5.74, 6) is 2.62. The lowest BCUT2D eigenvalue weighted by molar-refractivity contribution is -0.110. The molecule has 1 aromatic rings. The first-order chi connectivity index (χ1) is 9.29. The molecule has 4 saturated carbocycles. The van der Waals surface area contributed by atoms with E-state index in [0.29, 0.717) is 0 Å². The normalized spacial score (nSPS) is 39.3. The fraction of sp³-hybridized carbons (Fsp3) is 0.588. The fourth-order valence-electron chi connectivity index (χ4n) is 5.40. The van der Waals surface area contributed by atoms with Crippen LogP contribution in [0.3, 0.4) is 0 Å². The Hall–Kier alpha value is -1.31. The Morgan fingerprint density at radius 3 is 1.95 bits per heavy atom. The van der Waals surface area contributed by atoms with Crippen molar-refractivity contribution in [3.8, 4) is 0 Å². The SMILES string of the molecule is O=CN(c1ccccc1)C12CC3CC(CC(C3)C1)C2. The van der Waals surface area contributed by atoms with E-state index in [0.717, 1.165) is 29.9 Å². The fourth-order valence-corrected chi connectivity index (χ4v) is 5.40. The first kappa shape index (κ1) is 11.5. The maximum absolute atomic E-state index is 11.7. The van der Waals surface area contributed by atoms with E-state index >= 15 is 0 Å². The highest BCUT2D eigenvalue weighted by Crippen LogP contribution is 2.58. The first-order valence-corrected chi connectivity index (χ1v) is 7.59. The number of anilines is 1. The Balaban J connectivity index is 1.72. The summed E-state index contributed by atoms with van der Waals surface area (Å²) in [7, 11) is 0. The molecule has 1 amide bonds. The van der Waals surface area contributed by atoms with E-state index in [9.17, 15) is 4.79 Å². The van der Waals surface area contributed by atoms with Gasteiger partial charge >= 0.3 is 0 Å². The van der Waals surface area contributed by atoms with Gasteiger partial charge in [-0.15, -0.1) is 0 Å². The number of nitrogens with zero attached hydrogens (tertiary/aromatic N) is 1. The summed E-state index contributed by atoms with van der Waals surface area (Å²) < 4.78 is 0. The molecule has 4 bridgehead atoms. The van der Waals surface area contributed by atoms with Crippen LogP contribution >= 0.6 is 0 Å². The molecule has 0 radical (unpaired) electrons. The maximum atomic E-state index is 11.7. The molecule has 4 aliphatic rings. The van der Waals surface area contributed by atoms with Crippen LogP contribution in [0.1, 0.15) is 38.5 Å². The third-order valence-electron chi connectivity index (χ3n) is 5.66. The second-order valence-electron chi connectivity index (χ2n) is 6.95. The molecule has 5 rings (SSSR count). The van der Waals surface area contributed by atoms with Crippen molar-refractivity contribution in [3.63, 3.8) is 0 Å². The Kier molecular flexibility index (Phi) is 2.48. The lowest BCUT2D eigenvalue weighted by Gasteiger charge is -2.59. The number of hydrogen-bond acceptors (Lipinski definition) is 1. The van der Waals surface area contributed by atoms with Crippen LogP contribution in [0.25, 0.3) is 0 Å². The quantitative estimate of drug-likeness (QED) is 0.755. The average Bonchev–Trinajstić information content (AvgIpc) is 2.38. The molecule has 100 valence electrons. The molecular weight excluding hydrogens is 234 g/mol. The molecule has 1 aromatic carbocycles. The summed E-state index contributed by atoms with van der Waals surface area (Å²) in [6.07, 6.45) is 9.02. The molecule has 19 heavy (non-hydrogen) atoms. The Labute approximate surface area is 114 Å². The summed E-state index contributed by atoms with van der Waals surface area (Å²) in [6.45, 7) is 0. The van der Waals surface area contributed by atoms with Crippen LogP contribution in [-0.4, -0.2) is 11.9 Å². The van der Waals surface area contributed by atoms with Gasteiger partial charge in [0.1, 0.15) is 0 Å². The van der Waals surface area contributed by atoms with E-state index < -0.39 is 0 Å². The lowest BCUT2D eigenvalue weighted by atomic mass is 9.52. The third kappa shape index (κ3) is 1.73. The summed E-state index contributed by atoms with van der Waals surface area (Å²) in [5, 5.41) is 0. The zero-order chi connectivity index (χ0) is 12.9. The van der Waals surface area contributed by atoms with Gasteiger partial charge in [-0.25, -0.2) is 0 Å². The van der Waals surface area contributed by atoms with Crippen molar-refractivity contribution in [1.29, 1.82) is 0 Å². The number of carbonyl (C=O) groups excluding carboxylic acids is 1. The number of para-hydroxylation sites is 1. The molecule has 4 aliphatic carbocycles. The minimum Gasteiger partial charge on any atom is -0.309 e. The Morgan fingerprint density at radius 1 is 0.947 bits per heavy atom. The first-order valence-electron chi connectivity index (χ1n) is 7.59.